The molecule has 0 amide bonds. The zero-order chi connectivity index (χ0) is 28.3. The van der Waals surface area contributed by atoms with E-state index in [9.17, 15) is 0 Å². The Kier molecular flexibility index (Phi) is 5.30. The molecule has 0 saturated heterocycles. The van der Waals surface area contributed by atoms with E-state index >= 15 is 0 Å². The van der Waals surface area contributed by atoms with Crippen LogP contribution in [-0.2, 0) is 0 Å². The van der Waals surface area contributed by atoms with Gasteiger partial charge in [-0.2, -0.15) is 0 Å². The molecule has 0 saturated carbocycles. The third-order valence-corrected chi connectivity index (χ3v) is 9.26. The second-order valence-corrected chi connectivity index (χ2v) is 11.6. The summed E-state index contributed by atoms with van der Waals surface area (Å²) in [6.07, 6.45) is 7.11. The number of hydrogen-bond donors (Lipinski definition) is 0. The highest BCUT2D eigenvalue weighted by molar-refractivity contribution is 7.27. The van der Waals surface area contributed by atoms with Gasteiger partial charge in [-0.15, -0.1) is 11.3 Å². The lowest BCUT2D eigenvalue weighted by Crippen LogP contribution is -1.99. The molecule has 0 aliphatic heterocycles. The van der Waals surface area contributed by atoms with Gasteiger partial charge in [0.15, 0.2) is 5.82 Å². The number of benzene rings is 4. The molecule has 200 valence electrons. The Bertz CT molecular complexity index is 2450. The molecule has 0 aliphatic carbocycles. The zero-order valence-electron chi connectivity index (χ0n) is 22.8. The number of rotatable bonds is 3. The summed E-state index contributed by atoms with van der Waals surface area (Å²) in [6, 6.07) is 35.8. The van der Waals surface area contributed by atoms with Gasteiger partial charge in [0.2, 0.25) is 0 Å². The van der Waals surface area contributed by atoms with Crippen molar-refractivity contribution >= 4 is 64.0 Å². The molecule has 0 unspecified atom stereocenters. The van der Waals surface area contributed by atoms with E-state index in [1.54, 1.807) is 24.8 Å². The number of pyridine rings is 3. The van der Waals surface area contributed by atoms with Crippen LogP contribution in [0.3, 0.4) is 0 Å². The Balaban J connectivity index is 1.44. The lowest BCUT2D eigenvalue weighted by Gasteiger charge is -2.14. The summed E-state index contributed by atoms with van der Waals surface area (Å²) < 4.78 is 2.55. The minimum absolute atomic E-state index is 0.627. The number of aromatic nitrogens is 5. The zero-order valence-corrected chi connectivity index (χ0v) is 23.6. The molecular weight excluding hydrogens is 547 g/mol. The fraction of sp³-hybridized carbons (Fsp3) is 0. The molecule has 0 aliphatic rings. The highest BCUT2D eigenvalue weighted by atomic mass is 32.1. The van der Waals surface area contributed by atoms with E-state index < -0.39 is 0 Å². The van der Waals surface area contributed by atoms with Gasteiger partial charge in [-0.1, -0.05) is 66.7 Å². The van der Waals surface area contributed by atoms with Crippen LogP contribution in [0.25, 0.3) is 86.7 Å². The second-order valence-electron chi connectivity index (χ2n) is 10.5. The molecule has 0 spiro atoms. The number of fused-ring (bicyclic) bond motifs is 10. The molecule has 5 aromatic heterocycles. The lowest BCUT2D eigenvalue weighted by atomic mass is 9.95. The number of hydrogen-bond acceptors (Lipinski definition) is 6. The van der Waals surface area contributed by atoms with E-state index in [0.29, 0.717) is 5.82 Å². The Hall–Kier alpha value is -5.59. The van der Waals surface area contributed by atoms with Crippen molar-refractivity contribution in [1.29, 1.82) is 0 Å². The van der Waals surface area contributed by atoms with Crippen LogP contribution in [0, 0.1) is 0 Å². The van der Waals surface area contributed by atoms with Crippen molar-refractivity contribution in [3.63, 3.8) is 0 Å². The molecule has 9 aromatic rings. The van der Waals surface area contributed by atoms with Crippen molar-refractivity contribution in [3.8, 4) is 34.0 Å². The number of thiophene rings is 1. The van der Waals surface area contributed by atoms with Gasteiger partial charge in [0.05, 0.1) is 22.6 Å². The fourth-order valence-electron chi connectivity index (χ4n) is 6.15. The molecule has 0 bridgehead atoms. The average Bonchev–Trinajstić information content (AvgIpc) is 3.48. The van der Waals surface area contributed by atoms with Crippen molar-refractivity contribution in [2.75, 3.05) is 0 Å². The summed E-state index contributed by atoms with van der Waals surface area (Å²) >= 11 is 1.84. The second kappa shape index (κ2) is 9.48. The summed E-state index contributed by atoms with van der Waals surface area (Å²) in [4.78, 5) is 24.0. The maximum absolute atomic E-state index is 5.48. The van der Waals surface area contributed by atoms with Crippen molar-refractivity contribution < 1.29 is 0 Å². The third-order valence-electron chi connectivity index (χ3n) is 8.07. The van der Waals surface area contributed by atoms with Crippen LogP contribution < -0.4 is 0 Å². The minimum Gasteiger partial charge on any atom is -0.265 e. The summed E-state index contributed by atoms with van der Waals surface area (Å²) in [5.41, 5.74) is 5.27. The van der Waals surface area contributed by atoms with Crippen molar-refractivity contribution in [2.45, 2.75) is 0 Å². The van der Waals surface area contributed by atoms with E-state index in [4.69, 9.17) is 15.0 Å². The van der Waals surface area contributed by atoms with Gasteiger partial charge >= 0.3 is 0 Å². The normalized spacial score (nSPS) is 11.7. The van der Waals surface area contributed by atoms with Gasteiger partial charge in [0, 0.05) is 72.2 Å². The first-order chi connectivity index (χ1) is 21.3. The monoisotopic (exact) mass is 567 g/mol. The largest absolute Gasteiger partial charge is 0.265 e. The maximum atomic E-state index is 5.48. The summed E-state index contributed by atoms with van der Waals surface area (Å²) in [5, 5.41) is 8.35. The minimum atomic E-state index is 0.627. The van der Waals surface area contributed by atoms with Gasteiger partial charge in [0.25, 0.3) is 0 Å². The molecule has 4 aromatic carbocycles. The smallest absolute Gasteiger partial charge is 0.160 e. The van der Waals surface area contributed by atoms with Crippen LogP contribution in [0.4, 0.5) is 0 Å². The Morgan fingerprint density at radius 3 is 1.79 bits per heavy atom. The average molecular weight is 568 g/mol. The molecule has 9 rings (SSSR count). The molecule has 5 nitrogen and oxygen atoms in total. The first kappa shape index (κ1) is 24.1. The van der Waals surface area contributed by atoms with Gasteiger partial charge in [-0.05, 0) is 47.2 Å². The quantitative estimate of drug-likeness (QED) is 0.199. The van der Waals surface area contributed by atoms with E-state index in [1.807, 2.05) is 41.7 Å². The molecule has 6 heteroatoms. The first-order valence-electron chi connectivity index (χ1n) is 14.1. The van der Waals surface area contributed by atoms with Gasteiger partial charge in [0.1, 0.15) is 0 Å². The molecule has 0 atom stereocenters. The lowest BCUT2D eigenvalue weighted by molar-refractivity contribution is 1.16. The van der Waals surface area contributed by atoms with Crippen LogP contribution in [0.5, 0.6) is 0 Å². The summed E-state index contributed by atoms with van der Waals surface area (Å²) in [7, 11) is 0. The first-order valence-corrected chi connectivity index (χ1v) is 14.9. The SMILES string of the molecule is c1ccc2c(c1)sc1c2c2ccccc2c2nc(-c3cc(-c4ccncc4)nc(-c4ccncc4)n3)c3ccccc3c21. The topological polar surface area (TPSA) is 64.5 Å². The predicted octanol–water partition coefficient (Wildman–Crippen LogP) is 9.49. The van der Waals surface area contributed by atoms with Gasteiger partial charge < -0.3 is 0 Å². The number of nitrogens with zero attached hydrogens (tertiary/aromatic N) is 5. The van der Waals surface area contributed by atoms with Crippen LogP contribution in [0.1, 0.15) is 0 Å². The Morgan fingerprint density at radius 2 is 1.05 bits per heavy atom. The molecule has 5 heterocycles. The van der Waals surface area contributed by atoms with E-state index in [2.05, 4.69) is 82.8 Å². The van der Waals surface area contributed by atoms with Crippen molar-refractivity contribution in [2.24, 2.45) is 0 Å². The van der Waals surface area contributed by atoms with E-state index in [0.717, 1.165) is 44.5 Å². The van der Waals surface area contributed by atoms with E-state index in [1.165, 1.54) is 36.3 Å². The van der Waals surface area contributed by atoms with Crippen LogP contribution in [0.2, 0.25) is 0 Å². The Labute approximate surface area is 250 Å². The van der Waals surface area contributed by atoms with Gasteiger partial charge in [-0.25, -0.2) is 15.0 Å². The molecule has 43 heavy (non-hydrogen) atoms. The maximum Gasteiger partial charge on any atom is 0.160 e. The fourth-order valence-corrected chi connectivity index (χ4v) is 7.43. The molecule has 0 fully saturated rings. The van der Waals surface area contributed by atoms with E-state index in [-0.39, 0.29) is 0 Å². The molecular formula is C37H21N5S. The summed E-state index contributed by atoms with van der Waals surface area (Å²) in [6.45, 7) is 0. The molecule has 0 radical (unpaired) electrons. The van der Waals surface area contributed by atoms with Crippen LogP contribution in [-0.4, -0.2) is 24.9 Å². The van der Waals surface area contributed by atoms with Crippen LogP contribution in [0.15, 0.2) is 128 Å². The standard InChI is InChI=1S/C37H21N5S/c1-4-10-27-24(7-1)32-28-11-5-6-12-31(28)43-36(32)33-25-8-2-3-9-26(25)34(42-35(27)33)30-21-29(22-13-17-38-18-14-22)40-37(41-30)23-15-19-39-20-16-23/h1-21H. The molecule has 0 N–H and O–H groups in total. The Morgan fingerprint density at radius 1 is 0.465 bits per heavy atom. The third kappa shape index (κ3) is 3.74. The van der Waals surface area contributed by atoms with Crippen molar-refractivity contribution in [1.82, 2.24) is 24.9 Å². The van der Waals surface area contributed by atoms with Gasteiger partial charge in [-0.3, -0.25) is 9.97 Å². The summed E-state index contributed by atoms with van der Waals surface area (Å²) in [5.74, 6) is 0.627. The van der Waals surface area contributed by atoms with Crippen molar-refractivity contribution in [3.05, 3.63) is 128 Å². The van der Waals surface area contributed by atoms with Crippen LogP contribution >= 0.6 is 11.3 Å². The predicted molar refractivity (Wildman–Crippen MR) is 177 cm³/mol. The highest BCUT2D eigenvalue weighted by Gasteiger charge is 2.21. The highest BCUT2D eigenvalue weighted by Crippen LogP contribution is 2.46.